The van der Waals surface area contributed by atoms with E-state index in [1.807, 2.05) is 29.5 Å². The molecule has 3 nitrogen and oxygen atoms in total. The molecule has 0 aliphatic heterocycles. The highest BCUT2D eigenvalue weighted by atomic mass is 32.1. The Morgan fingerprint density at radius 2 is 1.05 bits per heavy atom. The molecule has 8 rings (SSSR count). The van der Waals surface area contributed by atoms with Crippen LogP contribution in [-0.4, -0.2) is 15.0 Å². The van der Waals surface area contributed by atoms with Crippen molar-refractivity contribution in [2.75, 3.05) is 0 Å². The van der Waals surface area contributed by atoms with Crippen LogP contribution in [0.5, 0.6) is 0 Å². The number of hydrogen-bond acceptors (Lipinski definition) is 4. The van der Waals surface area contributed by atoms with Gasteiger partial charge in [0, 0.05) is 49.3 Å². The van der Waals surface area contributed by atoms with Gasteiger partial charge in [-0.25, -0.2) is 9.97 Å². The van der Waals surface area contributed by atoms with Crippen LogP contribution in [0.1, 0.15) is 0 Å². The number of rotatable bonds is 5. The molecule has 0 spiro atoms. The average molecular weight is 568 g/mol. The van der Waals surface area contributed by atoms with E-state index in [9.17, 15) is 0 Å². The molecule has 0 radical (unpaired) electrons. The first-order valence-corrected chi connectivity index (χ1v) is 15.1. The van der Waals surface area contributed by atoms with Gasteiger partial charge in [0.2, 0.25) is 0 Å². The van der Waals surface area contributed by atoms with Crippen LogP contribution in [0.15, 0.2) is 152 Å². The second-order valence-electron chi connectivity index (χ2n) is 10.5. The van der Waals surface area contributed by atoms with Crippen LogP contribution in [0.25, 0.3) is 76.3 Å². The van der Waals surface area contributed by atoms with Gasteiger partial charge in [-0.3, -0.25) is 4.98 Å². The lowest BCUT2D eigenvalue weighted by Crippen LogP contribution is -1.96. The Kier molecular flexibility index (Phi) is 6.32. The second-order valence-corrected chi connectivity index (χ2v) is 11.6. The standard InChI is InChI=1S/C39H25N3S/c1-2-8-26(9-3-1)27-16-18-28(19-17-27)35-25-36(42-39(41-35)29-20-22-40-23-21-29)31-11-6-10-30(24-31)32-13-7-14-34-33-12-4-5-15-37(33)43-38(32)34/h1-25H. The van der Waals surface area contributed by atoms with Gasteiger partial charge in [0.25, 0.3) is 0 Å². The largest absolute Gasteiger partial charge is 0.265 e. The molecule has 0 saturated carbocycles. The molecule has 0 fully saturated rings. The Bertz CT molecular complexity index is 2220. The van der Waals surface area contributed by atoms with Crippen LogP contribution < -0.4 is 0 Å². The van der Waals surface area contributed by atoms with Crippen molar-refractivity contribution in [2.45, 2.75) is 0 Å². The fraction of sp³-hybridized carbons (Fsp3) is 0. The summed E-state index contributed by atoms with van der Waals surface area (Å²) in [5.74, 6) is 0.680. The first-order chi connectivity index (χ1) is 21.3. The lowest BCUT2D eigenvalue weighted by molar-refractivity contribution is 1.18. The quantitative estimate of drug-likeness (QED) is 0.208. The van der Waals surface area contributed by atoms with Crippen LogP contribution in [0.4, 0.5) is 0 Å². The van der Waals surface area contributed by atoms with Crippen molar-refractivity contribution in [3.8, 4) is 56.2 Å². The zero-order valence-electron chi connectivity index (χ0n) is 23.2. The van der Waals surface area contributed by atoms with E-state index in [1.54, 1.807) is 12.4 Å². The lowest BCUT2D eigenvalue weighted by Gasteiger charge is -2.11. The van der Waals surface area contributed by atoms with Crippen LogP contribution in [0, 0.1) is 0 Å². The number of fused-ring (bicyclic) bond motifs is 3. The SMILES string of the molecule is c1ccc(-c2ccc(-c3cc(-c4cccc(-c5cccc6c5sc5ccccc56)c4)nc(-c4ccncc4)n3)cc2)cc1. The van der Waals surface area contributed by atoms with Crippen molar-refractivity contribution in [1.29, 1.82) is 0 Å². The third-order valence-corrected chi connectivity index (χ3v) is 9.05. The fourth-order valence-electron chi connectivity index (χ4n) is 5.66. The van der Waals surface area contributed by atoms with E-state index in [4.69, 9.17) is 9.97 Å². The topological polar surface area (TPSA) is 38.7 Å². The first-order valence-electron chi connectivity index (χ1n) is 14.3. The molecule has 8 aromatic rings. The summed E-state index contributed by atoms with van der Waals surface area (Å²) in [7, 11) is 0. The van der Waals surface area contributed by atoms with E-state index in [0.717, 1.165) is 28.1 Å². The Labute approximate surface area is 253 Å². The van der Waals surface area contributed by atoms with E-state index in [2.05, 4.69) is 126 Å². The van der Waals surface area contributed by atoms with Gasteiger partial charge in [-0.15, -0.1) is 11.3 Å². The predicted octanol–water partition coefficient (Wildman–Crippen LogP) is 10.6. The highest BCUT2D eigenvalue weighted by Crippen LogP contribution is 2.40. The maximum atomic E-state index is 5.06. The van der Waals surface area contributed by atoms with Crippen molar-refractivity contribution < 1.29 is 0 Å². The molecule has 0 atom stereocenters. The summed E-state index contributed by atoms with van der Waals surface area (Å²) >= 11 is 1.85. The van der Waals surface area contributed by atoms with Crippen molar-refractivity contribution in [3.63, 3.8) is 0 Å². The van der Waals surface area contributed by atoms with Gasteiger partial charge in [0.15, 0.2) is 5.82 Å². The van der Waals surface area contributed by atoms with E-state index in [0.29, 0.717) is 5.82 Å². The summed E-state index contributed by atoms with van der Waals surface area (Å²) in [6, 6.07) is 49.0. The van der Waals surface area contributed by atoms with Crippen LogP contribution in [0.2, 0.25) is 0 Å². The highest BCUT2D eigenvalue weighted by molar-refractivity contribution is 7.26. The summed E-state index contributed by atoms with van der Waals surface area (Å²) < 4.78 is 2.61. The van der Waals surface area contributed by atoms with Crippen molar-refractivity contribution in [3.05, 3.63) is 152 Å². The molecule has 0 bridgehead atoms. The molecule has 5 aromatic carbocycles. The molecule has 0 saturated heterocycles. The normalized spacial score (nSPS) is 11.3. The van der Waals surface area contributed by atoms with E-state index < -0.39 is 0 Å². The second kappa shape index (κ2) is 10.8. The van der Waals surface area contributed by atoms with E-state index in [-0.39, 0.29) is 0 Å². The molecule has 202 valence electrons. The molecular formula is C39H25N3S. The molecule has 43 heavy (non-hydrogen) atoms. The van der Waals surface area contributed by atoms with Gasteiger partial charge >= 0.3 is 0 Å². The molecule has 0 aliphatic carbocycles. The molecule has 0 amide bonds. The summed E-state index contributed by atoms with van der Waals surface area (Å²) in [5.41, 5.74) is 9.58. The van der Waals surface area contributed by atoms with Gasteiger partial charge in [-0.2, -0.15) is 0 Å². The first kappa shape index (κ1) is 25.3. The minimum atomic E-state index is 0.680. The van der Waals surface area contributed by atoms with Crippen LogP contribution >= 0.6 is 11.3 Å². The fourth-order valence-corrected chi connectivity index (χ4v) is 6.90. The average Bonchev–Trinajstić information content (AvgIpc) is 3.48. The number of hydrogen-bond donors (Lipinski definition) is 0. The molecule has 3 heterocycles. The van der Waals surface area contributed by atoms with E-state index >= 15 is 0 Å². The van der Waals surface area contributed by atoms with Gasteiger partial charge in [-0.05, 0) is 52.6 Å². The summed E-state index contributed by atoms with van der Waals surface area (Å²) in [6.45, 7) is 0. The monoisotopic (exact) mass is 567 g/mol. The van der Waals surface area contributed by atoms with Crippen LogP contribution in [-0.2, 0) is 0 Å². The van der Waals surface area contributed by atoms with Crippen LogP contribution in [0.3, 0.4) is 0 Å². The number of nitrogens with zero attached hydrogens (tertiary/aromatic N) is 3. The number of aromatic nitrogens is 3. The van der Waals surface area contributed by atoms with Gasteiger partial charge in [0.05, 0.1) is 11.4 Å². The van der Waals surface area contributed by atoms with Gasteiger partial charge < -0.3 is 0 Å². The minimum absolute atomic E-state index is 0.680. The molecule has 0 N–H and O–H groups in total. The highest BCUT2D eigenvalue weighted by Gasteiger charge is 2.14. The van der Waals surface area contributed by atoms with Crippen molar-refractivity contribution in [1.82, 2.24) is 15.0 Å². The lowest BCUT2D eigenvalue weighted by atomic mass is 9.98. The number of thiophene rings is 1. The molecular weight excluding hydrogens is 543 g/mol. The zero-order chi connectivity index (χ0) is 28.6. The Hall–Kier alpha value is -5.45. The molecule has 0 aliphatic rings. The summed E-state index contributed by atoms with van der Waals surface area (Å²) in [6.07, 6.45) is 3.57. The predicted molar refractivity (Wildman–Crippen MR) is 180 cm³/mol. The minimum Gasteiger partial charge on any atom is -0.265 e. The van der Waals surface area contributed by atoms with Crippen molar-refractivity contribution in [2.24, 2.45) is 0 Å². The number of benzene rings is 5. The van der Waals surface area contributed by atoms with Gasteiger partial charge in [-0.1, -0.05) is 109 Å². The van der Waals surface area contributed by atoms with Gasteiger partial charge in [0.1, 0.15) is 0 Å². The van der Waals surface area contributed by atoms with E-state index in [1.165, 1.54) is 42.4 Å². The summed E-state index contributed by atoms with van der Waals surface area (Å²) in [4.78, 5) is 14.3. The zero-order valence-corrected chi connectivity index (χ0v) is 24.0. The van der Waals surface area contributed by atoms with Crippen molar-refractivity contribution >= 4 is 31.5 Å². The molecule has 0 unspecified atom stereocenters. The third-order valence-electron chi connectivity index (χ3n) is 7.83. The molecule has 3 aromatic heterocycles. The maximum Gasteiger partial charge on any atom is 0.160 e. The number of pyridine rings is 1. The summed E-state index contributed by atoms with van der Waals surface area (Å²) in [5, 5.41) is 2.60. The molecule has 4 heteroatoms. The smallest absolute Gasteiger partial charge is 0.160 e. The maximum absolute atomic E-state index is 5.06. The Morgan fingerprint density at radius 3 is 1.88 bits per heavy atom. The third kappa shape index (κ3) is 4.78. The Morgan fingerprint density at radius 1 is 0.419 bits per heavy atom. The Balaban J connectivity index is 1.25.